The van der Waals surface area contributed by atoms with Crippen molar-refractivity contribution in [3.05, 3.63) is 63.9 Å². The normalized spacial score (nSPS) is 10.6. The van der Waals surface area contributed by atoms with Crippen LogP contribution in [0.5, 0.6) is 0 Å². The largest absolute Gasteiger partial charge is 0.321 e. The summed E-state index contributed by atoms with van der Waals surface area (Å²) in [6, 6.07) is 9.19. The van der Waals surface area contributed by atoms with Crippen molar-refractivity contribution in [3.8, 4) is 10.6 Å². The Labute approximate surface area is 143 Å². The van der Waals surface area contributed by atoms with Crippen molar-refractivity contribution in [3.63, 3.8) is 0 Å². The van der Waals surface area contributed by atoms with E-state index in [-0.39, 0.29) is 5.91 Å². The molecule has 0 bridgehead atoms. The third-order valence-electron chi connectivity index (χ3n) is 3.36. The molecule has 0 unspecified atom stereocenters. The molecule has 0 spiro atoms. The molecule has 1 aromatic carbocycles. The molecule has 0 radical (unpaired) electrons. The van der Waals surface area contributed by atoms with Crippen molar-refractivity contribution in [2.24, 2.45) is 0 Å². The molecule has 0 saturated carbocycles. The summed E-state index contributed by atoms with van der Waals surface area (Å²) in [4.78, 5) is 21.7. The van der Waals surface area contributed by atoms with Gasteiger partial charge in [-0.2, -0.15) is 0 Å². The first-order valence-corrected chi connectivity index (χ1v) is 8.19. The van der Waals surface area contributed by atoms with Gasteiger partial charge in [-0.05, 0) is 43.7 Å². The molecule has 1 N–H and O–H groups in total. The van der Waals surface area contributed by atoms with Gasteiger partial charge in [0, 0.05) is 28.7 Å². The molecule has 116 valence electrons. The number of hydrogen-bond donors (Lipinski definition) is 1. The van der Waals surface area contributed by atoms with Gasteiger partial charge in [-0.1, -0.05) is 17.7 Å². The molecule has 1 amide bonds. The van der Waals surface area contributed by atoms with Crippen LogP contribution in [0.15, 0.2) is 42.7 Å². The summed E-state index contributed by atoms with van der Waals surface area (Å²) in [6.07, 6.45) is 3.45. The van der Waals surface area contributed by atoms with Crippen LogP contribution >= 0.6 is 22.9 Å². The molecule has 3 aromatic rings. The van der Waals surface area contributed by atoms with Gasteiger partial charge >= 0.3 is 0 Å². The molecule has 2 aromatic heterocycles. The Hall–Kier alpha value is -2.24. The molecule has 0 aliphatic carbocycles. The van der Waals surface area contributed by atoms with Gasteiger partial charge in [-0.3, -0.25) is 9.78 Å². The molecule has 0 aliphatic heterocycles. The van der Waals surface area contributed by atoms with E-state index in [1.165, 1.54) is 11.3 Å². The molecule has 23 heavy (non-hydrogen) atoms. The Morgan fingerprint density at radius 2 is 2.09 bits per heavy atom. The Kier molecular flexibility index (Phi) is 4.41. The van der Waals surface area contributed by atoms with E-state index in [0.717, 1.165) is 16.1 Å². The number of rotatable bonds is 3. The summed E-state index contributed by atoms with van der Waals surface area (Å²) in [5, 5.41) is 4.27. The smallest absolute Gasteiger partial charge is 0.267 e. The summed E-state index contributed by atoms with van der Waals surface area (Å²) < 4.78 is 0. The van der Waals surface area contributed by atoms with Crippen molar-refractivity contribution < 1.29 is 4.79 Å². The lowest BCUT2D eigenvalue weighted by Crippen LogP contribution is -2.12. The fourth-order valence-electron chi connectivity index (χ4n) is 2.13. The molecular formula is C17H14ClN3OS. The number of hydrogen-bond acceptors (Lipinski definition) is 4. The summed E-state index contributed by atoms with van der Waals surface area (Å²) in [7, 11) is 0. The number of amides is 1. The number of thiazole rings is 1. The van der Waals surface area contributed by atoms with Crippen molar-refractivity contribution in [2.45, 2.75) is 13.8 Å². The molecule has 3 rings (SSSR count). The van der Waals surface area contributed by atoms with E-state index >= 15 is 0 Å². The number of aryl methyl sites for hydroxylation is 2. The second-order valence-corrected chi connectivity index (χ2v) is 6.52. The van der Waals surface area contributed by atoms with Crippen LogP contribution in [-0.4, -0.2) is 15.9 Å². The topological polar surface area (TPSA) is 54.9 Å². The summed E-state index contributed by atoms with van der Waals surface area (Å²) in [5.41, 5.74) is 3.26. The SMILES string of the molecule is Cc1ccc(Cl)cc1NC(=O)c1sc(-c2cccnc2)nc1C. The van der Waals surface area contributed by atoms with Crippen LogP contribution < -0.4 is 5.32 Å². The van der Waals surface area contributed by atoms with E-state index in [1.54, 1.807) is 24.5 Å². The van der Waals surface area contributed by atoms with Gasteiger partial charge in [0.2, 0.25) is 0 Å². The minimum Gasteiger partial charge on any atom is -0.321 e. The van der Waals surface area contributed by atoms with E-state index < -0.39 is 0 Å². The predicted molar refractivity (Wildman–Crippen MR) is 94.2 cm³/mol. The first-order chi connectivity index (χ1) is 11.0. The summed E-state index contributed by atoms with van der Waals surface area (Å²) in [5.74, 6) is -0.180. The molecule has 6 heteroatoms. The van der Waals surface area contributed by atoms with E-state index in [1.807, 2.05) is 32.0 Å². The highest BCUT2D eigenvalue weighted by Crippen LogP contribution is 2.28. The van der Waals surface area contributed by atoms with Crippen LogP contribution in [0.3, 0.4) is 0 Å². The van der Waals surface area contributed by atoms with Gasteiger partial charge in [0.1, 0.15) is 9.88 Å². The number of carbonyl (C=O) groups is 1. The van der Waals surface area contributed by atoms with Crippen molar-refractivity contribution >= 4 is 34.5 Å². The Morgan fingerprint density at radius 1 is 1.26 bits per heavy atom. The molecular weight excluding hydrogens is 330 g/mol. The maximum absolute atomic E-state index is 12.5. The summed E-state index contributed by atoms with van der Waals surface area (Å²) >= 11 is 7.35. The van der Waals surface area contributed by atoms with Crippen LogP contribution in [0.25, 0.3) is 10.6 Å². The fourth-order valence-corrected chi connectivity index (χ4v) is 3.25. The fraction of sp³-hybridized carbons (Fsp3) is 0.118. The Bertz CT molecular complexity index is 862. The van der Waals surface area contributed by atoms with Crippen LogP contribution in [-0.2, 0) is 0 Å². The standard InChI is InChI=1S/C17H14ClN3OS/c1-10-5-6-13(18)8-14(10)21-16(22)15-11(2)20-17(23-15)12-4-3-7-19-9-12/h3-9H,1-2H3,(H,21,22). The predicted octanol–water partition coefficient (Wildman–Crippen LogP) is 4.73. The zero-order valence-corrected chi connectivity index (χ0v) is 14.2. The van der Waals surface area contributed by atoms with Crippen molar-refractivity contribution in [1.29, 1.82) is 0 Å². The van der Waals surface area contributed by atoms with E-state index in [4.69, 9.17) is 11.6 Å². The van der Waals surface area contributed by atoms with Crippen molar-refractivity contribution in [2.75, 3.05) is 5.32 Å². The lowest BCUT2D eigenvalue weighted by atomic mass is 10.2. The molecule has 2 heterocycles. The van der Waals surface area contributed by atoms with Crippen LogP contribution in [0, 0.1) is 13.8 Å². The molecule has 0 atom stereocenters. The van der Waals surface area contributed by atoms with E-state index in [2.05, 4.69) is 15.3 Å². The lowest BCUT2D eigenvalue weighted by Gasteiger charge is -2.07. The highest BCUT2D eigenvalue weighted by atomic mass is 35.5. The second-order valence-electron chi connectivity index (χ2n) is 5.09. The molecule has 0 saturated heterocycles. The minimum atomic E-state index is -0.180. The van der Waals surface area contributed by atoms with Gasteiger partial charge in [0.05, 0.1) is 5.69 Å². The monoisotopic (exact) mass is 343 g/mol. The quantitative estimate of drug-likeness (QED) is 0.748. The first kappa shape index (κ1) is 15.6. The third kappa shape index (κ3) is 3.41. The van der Waals surface area contributed by atoms with Gasteiger partial charge in [0.25, 0.3) is 5.91 Å². The maximum atomic E-state index is 12.5. The van der Waals surface area contributed by atoms with Gasteiger partial charge in [-0.25, -0.2) is 4.98 Å². The van der Waals surface area contributed by atoms with Crippen LogP contribution in [0.1, 0.15) is 20.9 Å². The van der Waals surface area contributed by atoms with Gasteiger partial charge < -0.3 is 5.32 Å². The van der Waals surface area contributed by atoms with Gasteiger partial charge in [-0.15, -0.1) is 11.3 Å². The molecule has 0 aliphatic rings. The molecule has 0 fully saturated rings. The molecule has 4 nitrogen and oxygen atoms in total. The number of pyridine rings is 1. The first-order valence-electron chi connectivity index (χ1n) is 7.00. The lowest BCUT2D eigenvalue weighted by molar-refractivity contribution is 0.102. The highest BCUT2D eigenvalue weighted by Gasteiger charge is 2.17. The van der Waals surface area contributed by atoms with Crippen LogP contribution in [0.2, 0.25) is 5.02 Å². The summed E-state index contributed by atoms with van der Waals surface area (Å²) in [6.45, 7) is 3.75. The number of anilines is 1. The Morgan fingerprint density at radius 3 is 2.83 bits per heavy atom. The second kappa shape index (κ2) is 6.48. The number of carbonyl (C=O) groups excluding carboxylic acids is 1. The maximum Gasteiger partial charge on any atom is 0.267 e. The highest BCUT2D eigenvalue weighted by molar-refractivity contribution is 7.17. The zero-order chi connectivity index (χ0) is 16.4. The minimum absolute atomic E-state index is 0.180. The van der Waals surface area contributed by atoms with Crippen LogP contribution in [0.4, 0.5) is 5.69 Å². The van der Waals surface area contributed by atoms with E-state index in [0.29, 0.717) is 21.3 Å². The average Bonchev–Trinajstić information content (AvgIpc) is 2.94. The van der Waals surface area contributed by atoms with Gasteiger partial charge in [0.15, 0.2) is 0 Å². The number of aromatic nitrogens is 2. The third-order valence-corrected chi connectivity index (χ3v) is 4.80. The Balaban J connectivity index is 1.88. The van der Waals surface area contributed by atoms with E-state index in [9.17, 15) is 4.79 Å². The zero-order valence-electron chi connectivity index (χ0n) is 12.6. The number of nitrogens with one attached hydrogen (secondary N) is 1. The average molecular weight is 344 g/mol. The number of nitrogens with zero attached hydrogens (tertiary/aromatic N) is 2. The van der Waals surface area contributed by atoms with Crippen molar-refractivity contribution in [1.82, 2.24) is 9.97 Å². The number of halogens is 1. The number of benzene rings is 1.